The molecule has 1 unspecified atom stereocenters. The second-order valence-corrected chi connectivity index (χ2v) is 7.26. The molecular formula is C19H19F3N4OS. The Kier molecular flexibility index (Phi) is 5.85. The van der Waals surface area contributed by atoms with Crippen molar-refractivity contribution < 1.29 is 18.0 Å². The van der Waals surface area contributed by atoms with Gasteiger partial charge in [0.05, 0.1) is 16.1 Å². The fourth-order valence-corrected chi connectivity index (χ4v) is 3.61. The van der Waals surface area contributed by atoms with Gasteiger partial charge >= 0.3 is 6.18 Å². The van der Waals surface area contributed by atoms with Gasteiger partial charge in [0.1, 0.15) is 0 Å². The third-order valence-electron chi connectivity index (χ3n) is 4.32. The first-order valence-corrected chi connectivity index (χ1v) is 9.40. The average Bonchev–Trinajstić information content (AvgIpc) is 3.29. The molecule has 0 aliphatic carbocycles. The predicted molar refractivity (Wildman–Crippen MR) is 102 cm³/mol. The van der Waals surface area contributed by atoms with Gasteiger partial charge < -0.3 is 11.1 Å². The first-order chi connectivity index (χ1) is 13.3. The molecule has 2 heterocycles. The quantitative estimate of drug-likeness (QED) is 0.656. The predicted octanol–water partition coefficient (Wildman–Crippen LogP) is 3.47. The van der Waals surface area contributed by atoms with Crippen LogP contribution in [0.15, 0.2) is 48.0 Å². The lowest BCUT2D eigenvalue weighted by Crippen LogP contribution is -2.41. The van der Waals surface area contributed by atoms with E-state index in [1.54, 1.807) is 16.9 Å². The van der Waals surface area contributed by atoms with E-state index in [1.165, 1.54) is 23.5 Å². The van der Waals surface area contributed by atoms with E-state index in [0.29, 0.717) is 16.9 Å². The Balaban J connectivity index is 1.65. The molecular weight excluding hydrogens is 389 g/mol. The van der Waals surface area contributed by atoms with E-state index in [1.807, 2.05) is 18.5 Å². The van der Waals surface area contributed by atoms with Crippen molar-refractivity contribution in [2.75, 3.05) is 6.54 Å². The lowest BCUT2D eigenvalue weighted by atomic mass is 10.0. The standard InChI is InChI=1S/C19H19F3N4OS/c1-26-16(6-7-24-26)13-9-17(28-11-13)18(27)25-15(10-23)8-12-2-4-14(5-3-12)19(20,21)22/h2-7,9,11,15H,8,10,23H2,1H3,(H,25,27). The highest BCUT2D eigenvalue weighted by Gasteiger charge is 2.30. The van der Waals surface area contributed by atoms with Crippen molar-refractivity contribution in [1.29, 1.82) is 0 Å². The molecule has 0 radical (unpaired) electrons. The Morgan fingerprint density at radius 1 is 1.29 bits per heavy atom. The number of carbonyl (C=O) groups is 1. The number of thiophene rings is 1. The molecule has 0 fully saturated rings. The zero-order chi connectivity index (χ0) is 20.3. The van der Waals surface area contributed by atoms with E-state index in [9.17, 15) is 18.0 Å². The zero-order valence-electron chi connectivity index (χ0n) is 15.0. The van der Waals surface area contributed by atoms with E-state index < -0.39 is 11.7 Å². The highest BCUT2D eigenvalue weighted by molar-refractivity contribution is 7.12. The molecule has 0 bridgehead atoms. The number of rotatable bonds is 6. The highest BCUT2D eigenvalue weighted by Crippen LogP contribution is 2.29. The van der Waals surface area contributed by atoms with E-state index in [-0.39, 0.29) is 18.5 Å². The van der Waals surface area contributed by atoms with Gasteiger partial charge in [0, 0.05) is 36.8 Å². The summed E-state index contributed by atoms with van der Waals surface area (Å²) >= 11 is 1.31. The maximum atomic E-state index is 12.7. The SMILES string of the molecule is Cn1nccc1-c1csc(C(=O)NC(CN)Cc2ccc(C(F)(F)F)cc2)c1. The number of nitrogens with zero attached hydrogens (tertiary/aromatic N) is 2. The zero-order valence-corrected chi connectivity index (χ0v) is 15.8. The van der Waals surface area contributed by atoms with Gasteiger partial charge in [-0.2, -0.15) is 18.3 Å². The van der Waals surface area contributed by atoms with Crippen LogP contribution in [0.2, 0.25) is 0 Å². The summed E-state index contributed by atoms with van der Waals surface area (Å²) in [4.78, 5) is 13.1. The molecule has 1 atom stereocenters. The summed E-state index contributed by atoms with van der Waals surface area (Å²) in [6.45, 7) is 0.173. The van der Waals surface area contributed by atoms with Crippen LogP contribution in [0, 0.1) is 0 Å². The molecule has 0 aliphatic heterocycles. The fourth-order valence-electron chi connectivity index (χ4n) is 2.81. The topological polar surface area (TPSA) is 72.9 Å². The average molecular weight is 408 g/mol. The van der Waals surface area contributed by atoms with Gasteiger partial charge in [0.25, 0.3) is 5.91 Å². The minimum atomic E-state index is -4.37. The van der Waals surface area contributed by atoms with Crippen LogP contribution in [0.5, 0.6) is 0 Å². The summed E-state index contributed by atoms with van der Waals surface area (Å²) in [6, 6.07) is 8.13. The largest absolute Gasteiger partial charge is 0.416 e. The lowest BCUT2D eigenvalue weighted by molar-refractivity contribution is -0.137. The highest BCUT2D eigenvalue weighted by atomic mass is 32.1. The summed E-state index contributed by atoms with van der Waals surface area (Å²) in [6.07, 6.45) is -2.34. The maximum Gasteiger partial charge on any atom is 0.416 e. The number of carbonyl (C=O) groups excluding carboxylic acids is 1. The number of aryl methyl sites for hydroxylation is 1. The van der Waals surface area contributed by atoms with Crippen LogP contribution in [0.25, 0.3) is 11.3 Å². The van der Waals surface area contributed by atoms with Crippen LogP contribution in [0.4, 0.5) is 13.2 Å². The number of nitrogens with one attached hydrogen (secondary N) is 1. The number of hydrogen-bond donors (Lipinski definition) is 2. The van der Waals surface area contributed by atoms with Gasteiger partial charge in [-0.1, -0.05) is 12.1 Å². The van der Waals surface area contributed by atoms with Gasteiger partial charge in [-0.05, 0) is 36.2 Å². The molecule has 148 valence electrons. The van der Waals surface area contributed by atoms with Crippen LogP contribution in [-0.2, 0) is 19.6 Å². The summed E-state index contributed by atoms with van der Waals surface area (Å²) in [5, 5.41) is 8.84. The lowest BCUT2D eigenvalue weighted by Gasteiger charge is -2.17. The number of amides is 1. The monoisotopic (exact) mass is 408 g/mol. The van der Waals surface area contributed by atoms with E-state index in [4.69, 9.17) is 5.73 Å². The van der Waals surface area contributed by atoms with E-state index >= 15 is 0 Å². The Labute approximate surface area is 164 Å². The molecule has 28 heavy (non-hydrogen) atoms. The van der Waals surface area contributed by atoms with Crippen LogP contribution in [-0.4, -0.2) is 28.3 Å². The number of hydrogen-bond acceptors (Lipinski definition) is 4. The van der Waals surface area contributed by atoms with Crippen molar-refractivity contribution in [3.8, 4) is 11.3 Å². The van der Waals surface area contributed by atoms with Crippen LogP contribution in [0.1, 0.15) is 20.8 Å². The van der Waals surface area contributed by atoms with Gasteiger partial charge in [0.2, 0.25) is 0 Å². The maximum absolute atomic E-state index is 12.7. The van der Waals surface area contributed by atoms with Gasteiger partial charge in [-0.3, -0.25) is 9.48 Å². The van der Waals surface area contributed by atoms with Crippen molar-refractivity contribution in [2.24, 2.45) is 12.8 Å². The van der Waals surface area contributed by atoms with E-state index in [2.05, 4.69) is 10.4 Å². The molecule has 0 aliphatic rings. The Hall–Kier alpha value is -2.65. The number of benzene rings is 1. The van der Waals surface area contributed by atoms with Crippen molar-refractivity contribution in [1.82, 2.24) is 15.1 Å². The summed E-state index contributed by atoms with van der Waals surface area (Å²) in [5.41, 5.74) is 7.50. The second kappa shape index (κ2) is 8.15. The summed E-state index contributed by atoms with van der Waals surface area (Å²) in [7, 11) is 1.82. The third kappa shape index (κ3) is 4.60. The van der Waals surface area contributed by atoms with Crippen LogP contribution in [0.3, 0.4) is 0 Å². The van der Waals surface area contributed by atoms with Crippen molar-refractivity contribution in [3.05, 3.63) is 64.0 Å². The van der Waals surface area contributed by atoms with Gasteiger partial charge in [-0.25, -0.2) is 0 Å². The molecule has 0 saturated heterocycles. The molecule has 1 aromatic carbocycles. The fraction of sp³-hybridized carbons (Fsp3) is 0.263. The second-order valence-electron chi connectivity index (χ2n) is 6.34. The van der Waals surface area contributed by atoms with Crippen molar-refractivity contribution >= 4 is 17.2 Å². The van der Waals surface area contributed by atoms with Gasteiger partial charge in [-0.15, -0.1) is 11.3 Å². The summed E-state index contributed by atoms with van der Waals surface area (Å²) in [5.74, 6) is -0.263. The first-order valence-electron chi connectivity index (χ1n) is 8.52. The number of halogens is 3. The Morgan fingerprint density at radius 2 is 2.00 bits per heavy atom. The Morgan fingerprint density at radius 3 is 2.57 bits per heavy atom. The molecule has 0 saturated carbocycles. The molecule has 3 aromatic rings. The molecule has 3 rings (SSSR count). The van der Waals surface area contributed by atoms with Gasteiger partial charge in [0.15, 0.2) is 0 Å². The molecule has 1 amide bonds. The smallest absolute Gasteiger partial charge is 0.347 e. The minimum Gasteiger partial charge on any atom is -0.347 e. The molecule has 9 heteroatoms. The van der Waals surface area contributed by atoms with Crippen molar-refractivity contribution in [2.45, 2.75) is 18.6 Å². The number of aromatic nitrogens is 2. The van der Waals surface area contributed by atoms with Crippen molar-refractivity contribution in [3.63, 3.8) is 0 Å². The number of alkyl halides is 3. The number of nitrogens with two attached hydrogens (primary N) is 1. The van der Waals surface area contributed by atoms with Crippen LogP contribution < -0.4 is 11.1 Å². The molecule has 5 nitrogen and oxygen atoms in total. The van der Waals surface area contributed by atoms with E-state index in [0.717, 1.165) is 23.4 Å². The van der Waals surface area contributed by atoms with Crippen LogP contribution >= 0.6 is 11.3 Å². The summed E-state index contributed by atoms with van der Waals surface area (Å²) < 4.78 is 39.7. The molecule has 2 aromatic heterocycles. The normalized spacial score (nSPS) is 12.8. The molecule has 3 N–H and O–H groups in total. The third-order valence-corrected chi connectivity index (χ3v) is 5.25. The molecule has 0 spiro atoms. The first kappa shape index (κ1) is 20.1. The Bertz CT molecular complexity index is 947. The minimum absolute atomic E-state index is 0.173.